The highest BCUT2D eigenvalue weighted by Crippen LogP contribution is 2.04. The van der Waals surface area contributed by atoms with Crippen LogP contribution in [0.4, 0.5) is 0 Å². The van der Waals surface area contributed by atoms with Crippen molar-refractivity contribution in [2.75, 3.05) is 26.4 Å². The predicted molar refractivity (Wildman–Crippen MR) is 67.6 cm³/mol. The monoisotopic (exact) mass is 246 g/mol. The number of nitrogens with zero attached hydrogens (tertiary/aromatic N) is 1. The molecule has 1 atom stereocenters. The Morgan fingerprint density at radius 1 is 1.41 bits per heavy atom. The quantitative estimate of drug-likeness (QED) is 0.576. The highest BCUT2D eigenvalue weighted by molar-refractivity contribution is 5.81. The number of carbonyl (C=O) groups is 1. The molecule has 0 aromatic heterocycles. The van der Waals surface area contributed by atoms with E-state index in [2.05, 4.69) is 0 Å². The molecule has 0 heterocycles. The van der Waals surface area contributed by atoms with Crippen LogP contribution in [-0.2, 0) is 9.53 Å². The summed E-state index contributed by atoms with van der Waals surface area (Å²) < 4.78 is 5.17. The molecule has 0 aliphatic heterocycles. The van der Waals surface area contributed by atoms with E-state index >= 15 is 0 Å². The first-order valence-corrected chi connectivity index (χ1v) is 6.29. The van der Waals surface area contributed by atoms with E-state index in [0.717, 1.165) is 6.42 Å². The fourth-order valence-electron chi connectivity index (χ4n) is 1.60. The third kappa shape index (κ3) is 6.61. The van der Waals surface area contributed by atoms with Gasteiger partial charge in [-0.2, -0.15) is 0 Å². The van der Waals surface area contributed by atoms with Gasteiger partial charge in [-0.25, -0.2) is 0 Å². The minimum Gasteiger partial charge on any atom is -0.394 e. The van der Waals surface area contributed by atoms with Crippen LogP contribution in [0.1, 0.15) is 33.6 Å². The van der Waals surface area contributed by atoms with Crippen LogP contribution < -0.4 is 5.73 Å². The zero-order chi connectivity index (χ0) is 13.3. The first kappa shape index (κ1) is 16.4. The van der Waals surface area contributed by atoms with E-state index in [0.29, 0.717) is 26.2 Å². The van der Waals surface area contributed by atoms with E-state index in [9.17, 15) is 4.79 Å². The van der Waals surface area contributed by atoms with Gasteiger partial charge < -0.3 is 20.5 Å². The third-order valence-electron chi connectivity index (χ3n) is 2.54. The molecule has 0 aromatic rings. The zero-order valence-electron chi connectivity index (χ0n) is 11.2. The molecule has 0 rings (SSSR count). The molecule has 0 aliphatic carbocycles. The molecule has 0 aromatic carbocycles. The van der Waals surface area contributed by atoms with Crippen LogP contribution in [0.5, 0.6) is 0 Å². The van der Waals surface area contributed by atoms with Crippen LogP contribution in [0.25, 0.3) is 0 Å². The summed E-state index contributed by atoms with van der Waals surface area (Å²) >= 11 is 0. The van der Waals surface area contributed by atoms with Gasteiger partial charge in [0.25, 0.3) is 0 Å². The second-order valence-electron chi connectivity index (χ2n) is 4.36. The van der Waals surface area contributed by atoms with Crippen molar-refractivity contribution in [3.05, 3.63) is 0 Å². The molecule has 0 saturated carbocycles. The van der Waals surface area contributed by atoms with E-state index < -0.39 is 6.04 Å². The Bertz CT molecular complexity index is 210. The lowest BCUT2D eigenvalue weighted by Gasteiger charge is -2.29. The molecule has 5 nitrogen and oxygen atoms in total. The SMILES string of the molecule is CCC[C@@H](N)C(=O)N(CCOCCO)C(C)C. The highest BCUT2D eigenvalue weighted by Gasteiger charge is 2.22. The molecule has 0 unspecified atom stereocenters. The Morgan fingerprint density at radius 2 is 2.06 bits per heavy atom. The van der Waals surface area contributed by atoms with Gasteiger partial charge >= 0.3 is 0 Å². The lowest BCUT2D eigenvalue weighted by atomic mass is 10.1. The number of aliphatic hydroxyl groups is 1. The Labute approximate surface area is 104 Å². The average molecular weight is 246 g/mol. The van der Waals surface area contributed by atoms with Crippen molar-refractivity contribution < 1.29 is 14.6 Å². The van der Waals surface area contributed by atoms with Crippen molar-refractivity contribution in [3.8, 4) is 0 Å². The van der Waals surface area contributed by atoms with Crippen molar-refractivity contribution in [3.63, 3.8) is 0 Å². The van der Waals surface area contributed by atoms with E-state index in [1.54, 1.807) is 4.90 Å². The summed E-state index contributed by atoms with van der Waals surface area (Å²) in [5, 5.41) is 8.58. The molecule has 3 N–H and O–H groups in total. The van der Waals surface area contributed by atoms with Crippen LogP contribution in [-0.4, -0.2) is 54.4 Å². The third-order valence-corrected chi connectivity index (χ3v) is 2.54. The largest absolute Gasteiger partial charge is 0.394 e. The molecule has 0 radical (unpaired) electrons. The first-order valence-electron chi connectivity index (χ1n) is 6.29. The summed E-state index contributed by atoms with van der Waals surface area (Å²) in [5.74, 6) is -0.0190. The minimum atomic E-state index is -0.416. The summed E-state index contributed by atoms with van der Waals surface area (Å²) in [6.45, 7) is 7.20. The number of aliphatic hydroxyl groups excluding tert-OH is 1. The van der Waals surface area contributed by atoms with Crippen molar-refractivity contribution in [2.45, 2.75) is 45.7 Å². The molecular weight excluding hydrogens is 220 g/mol. The molecular formula is C12H26N2O3. The van der Waals surface area contributed by atoms with Crippen LogP contribution in [0.15, 0.2) is 0 Å². The summed E-state index contributed by atoms with van der Waals surface area (Å²) in [7, 11) is 0. The highest BCUT2D eigenvalue weighted by atomic mass is 16.5. The van der Waals surface area contributed by atoms with Crippen molar-refractivity contribution >= 4 is 5.91 Å². The topological polar surface area (TPSA) is 75.8 Å². The van der Waals surface area contributed by atoms with Gasteiger partial charge in [0, 0.05) is 12.6 Å². The number of rotatable bonds is 9. The van der Waals surface area contributed by atoms with E-state index in [4.69, 9.17) is 15.6 Å². The number of carbonyl (C=O) groups excluding carboxylic acids is 1. The summed E-state index contributed by atoms with van der Waals surface area (Å²) in [6.07, 6.45) is 1.61. The number of hydrogen-bond acceptors (Lipinski definition) is 4. The zero-order valence-corrected chi connectivity index (χ0v) is 11.2. The van der Waals surface area contributed by atoms with Crippen LogP contribution in [0.2, 0.25) is 0 Å². The van der Waals surface area contributed by atoms with Crippen LogP contribution in [0, 0.1) is 0 Å². The molecule has 102 valence electrons. The Morgan fingerprint density at radius 3 is 2.53 bits per heavy atom. The summed E-state index contributed by atoms with van der Waals surface area (Å²) in [6, 6.07) is -0.302. The maximum atomic E-state index is 12.0. The van der Waals surface area contributed by atoms with Gasteiger partial charge in [0.15, 0.2) is 0 Å². The smallest absolute Gasteiger partial charge is 0.239 e. The predicted octanol–water partition coefficient (Wildman–Crippen LogP) is 0.360. The molecule has 0 spiro atoms. The molecule has 17 heavy (non-hydrogen) atoms. The van der Waals surface area contributed by atoms with Gasteiger partial charge in [-0.05, 0) is 20.3 Å². The van der Waals surface area contributed by atoms with Gasteiger partial charge in [0.1, 0.15) is 0 Å². The van der Waals surface area contributed by atoms with Gasteiger partial charge in [-0.15, -0.1) is 0 Å². The fraction of sp³-hybridized carbons (Fsp3) is 0.917. The van der Waals surface area contributed by atoms with Gasteiger partial charge in [-0.3, -0.25) is 4.79 Å². The van der Waals surface area contributed by atoms with Crippen molar-refractivity contribution in [2.24, 2.45) is 5.73 Å². The minimum absolute atomic E-state index is 0.00493. The first-order chi connectivity index (χ1) is 8.04. The van der Waals surface area contributed by atoms with Crippen molar-refractivity contribution in [1.82, 2.24) is 4.90 Å². The van der Waals surface area contributed by atoms with E-state index in [1.807, 2.05) is 20.8 Å². The maximum Gasteiger partial charge on any atom is 0.239 e. The van der Waals surface area contributed by atoms with Crippen LogP contribution in [0.3, 0.4) is 0 Å². The number of amides is 1. The number of ether oxygens (including phenoxy) is 1. The molecule has 0 saturated heterocycles. The standard InChI is InChI=1S/C12H26N2O3/c1-4-5-11(13)12(16)14(10(2)3)6-8-17-9-7-15/h10-11,15H,4-9,13H2,1-3H3/t11-/m1/s1. The number of hydrogen-bond donors (Lipinski definition) is 2. The molecule has 0 bridgehead atoms. The van der Waals surface area contributed by atoms with E-state index in [-0.39, 0.29) is 18.6 Å². The average Bonchev–Trinajstić information content (AvgIpc) is 2.28. The molecule has 5 heteroatoms. The second-order valence-corrected chi connectivity index (χ2v) is 4.36. The summed E-state index contributed by atoms with van der Waals surface area (Å²) in [5.41, 5.74) is 5.82. The van der Waals surface area contributed by atoms with Gasteiger partial charge in [-0.1, -0.05) is 13.3 Å². The normalized spacial score (nSPS) is 12.8. The van der Waals surface area contributed by atoms with E-state index in [1.165, 1.54) is 0 Å². The Kier molecular flexibility index (Phi) is 9.03. The maximum absolute atomic E-state index is 12.0. The summed E-state index contributed by atoms with van der Waals surface area (Å²) in [4.78, 5) is 13.8. The van der Waals surface area contributed by atoms with Crippen molar-refractivity contribution in [1.29, 1.82) is 0 Å². The van der Waals surface area contributed by atoms with Gasteiger partial charge in [0.05, 0.1) is 25.9 Å². The lowest BCUT2D eigenvalue weighted by Crippen LogP contribution is -2.48. The second kappa shape index (κ2) is 9.39. The van der Waals surface area contributed by atoms with Crippen LogP contribution >= 0.6 is 0 Å². The number of nitrogens with two attached hydrogens (primary N) is 1. The fourth-order valence-corrected chi connectivity index (χ4v) is 1.60. The lowest BCUT2D eigenvalue weighted by molar-refractivity contribution is -0.135. The Hall–Kier alpha value is -0.650. The molecule has 1 amide bonds. The Balaban J connectivity index is 4.17. The molecule has 0 fully saturated rings. The van der Waals surface area contributed by atoms with Gasteiger partial charge in [0.2, 0.25) is 5.91 Å². The molecule has 0 aliphatic rings.